The Hall–Kier alpha value is -0.480. The van der Waals surface area contributed by atoms with Crippen LogP contribution in [0.1, 0.15) is 18.2 Å². The summed E-state index contributed by atoms with van der Waals surface area (Å²) < 4.78 is 0. The molecule has 0 aromatic heterocycles. The fourth-order valence-corrected chi connectivity index (χ4v) is 3.40. The molecule has 0 bridgehead atoms. The molecule has 2 unspecified atom stereocenters. The molecule has 0 amide bonds. The summed E-state index contributed by atoms with van der Waals surface area (Å²) in [5.74, 6) is 1.07. The summed E-state index contributed by atoms with van der Waals surface area (Å²) in [6, 6.07) is 5.47. The molecule has 1 heterocycles. The normalized spacial score (nSPS) is 24.3. The summed E-state index contributed by atoms with van der Waals surface area (Å²) in [5.41, 5.74) is 0.845. The maximum absolute atomic E-state index is 8.21. The van der Waals surface area contributed by atoms with Gasteiger partial charge in [-0.05, 0) is 25.6 Å². The molecule has 1 N–H and O–H groups in total. The van der Waals surface area contributed by atoms with E-state index in [0.29, 0.717) is 21.8 Å². The van der Waals surface area contributed by atoms with Crippen molar-refractivity contribution in [3.63, 3.8) is 0 Å². The van der Waals surface area contributed by atoms with E-state index < -0.39 is 0 Å². The van der Waals surface area contributed by atoms with Crippen molar-refractivity contribution in [2.24, 2.45) is 0 Å². The van der Waals surface area contributed by atoms with E-state index in [9.17, 15) is 0 Å². The van der Waals surface area contributed by atoms with E-state index in [2.05, 4.69) is 4.90 Å². The van der Waals surface area contributed by atoms with Gasteiger partial charge in [0.05, 0.1) is 6.04 Å². The van der Waals surface area contributed by atoms with Crippen molar-refractivity contribution in [3.05, 3.63) is 33.8 Å². The molecular formula is C13H16Cl3N3. The van der Waals surface area contributed by atoms with Gasteiger partial charge >= 0.3 is 0 Å². The average Bonchev–Trinajstić information content (AvgIpc) is 2.56. The monoisotopic (exact) mass is 319 g/mol. The van der Waals surface area contributed by atoms with Crippen LogP contribution in [0.5, 0.6) is 0 Å². The van der Waals surface area contributed by atoms with Gasteiger partial charge in [0, 0.05) is 28.5 Å². The molecule has 0 radical (unpaired) electrons. The zero-order chi connectivity index (χ0) is 14.2. The molecule has 104 valence electrons. The lowest BCUT2D eigenvalue weighted by Crippen LogP contribution is -2.31. The highest BCUT2D eigenvalue weighted by Crippen LogP contribution is 2.40. The van der Waals surface area contributed by atoms with Crippen molar-refractivity contribution in [1.29, 1.82) is 5.41 Å². The van der Waals surface area contributed by atoms with E-state index in [1.807, 2.05) is 37.2 Å². The number of nitrogens with one attached hydrogen (secondary N) is 1. The third-order valence-corrected chi connectivity index (χ3v) is 4.46. The second-order valence-electron chi connectivity index (χ2n) is 4.66. The van der Waals surface area contributed by atoms with E-state index in [0.717, 1.165) is 12.0 Å². The first-order chi connectivity index (χ1) is 8.99. The fraction of sp³-hybridized carbons (Fsp3) is 0.462. The average molecular weight is 321 g/mol. The first kappa shape index (κ1) is 14.9. The van der Waals surface area contributed by atoms with E-state index in [4.69, 9.17) is 40.2 Å². The minimum absolute atomic E-state index is 0.000149. The van der Waals surface area contributed by atoms with Crippen molar-refractivity contribution in [1.82, 2.24) is 9.80 Å². The van der Waals surface area contributed by atoms with Crippen molar-refractivity contribution < 1.29 is 0 Å². The van der Waals surface area contributed by atoms with E-state index in [-0.39, 0.29) is 12.2 Å². The van der Waals surface area contributed by atoms with Gasteiger partial charge in [-0.3, -0.25) is 10.3 Å². The number of hydrogen-bond donors (Lipinski definition) is 1. The molecular weight excluding hydrogens is 305 g/mol. The second-order valence-corrected chi connectivity index (χ2v) is 5.86. The van der Waals surface area contributed by atoms with Crippen LogP contribution in [0.3, 0.4) is 0 Å². The van der Waals surface area contributed by atoms with Gasteiger partial charge in [0.1, 0.15) is 12.0 Å². The topological polar surface area (TPSA) is 30.3 Å². The summed E-state index contributed by atoms with van der Waals surface area (Å²) in [6.07, 6.45) is 0.613. The SMILES string of the molecule is CN1C(=N)C(CCCl)N(C)C1c1c(Cl)cccc1Cl. The van der Waals surface area contributed by atoms with Gasteiger partial charge in [-0.15, -0.1) is 11.6 Å². The van der Waals surface area contributed by atoms with E-state index >= 15 is 0 Å². The highest BCUT2D eigenvalue weighted by Gasteiger charge is 2.41. The number of nitrogens with zero attached hydrogens (tertiary/aromatic N) is 2. The van der Waals surface area contributed by atoms with Crippen LogP contribution in [0, 0.1) is 5.41 Å². The van der Waals surface area contributed by atoms with E-state index in [1.165, 1.54) is 0 Å². The quantitative estimate of drug-likeness (QED) is 0.858. The standard InChI is InChI=1S/C13H16Cl3N3/c1-18-10(6-7-14)12(17)19(2)13(18)11-8(15)4-3-5-9(11)16/h3-5,10,13,17H,6-7H2,1-2H3. The van der Waals surface area contributed by atoms with Gasteiger partial charge < -0.3 is 4.90 Å². The van der Waals surface area contributed by atoms with Crippen LogP contribution >= 0.6 is 34.8 Å². The molecule has 0 aliphatic carbocycles. The summed E-state index contributed by atoms with van der Waals surface area (Å²) >= 11 is 18.4. The Morgan fingerprint density at radius 3 is 2.32 bits per heavy atom. The Balaban J connectivity index is 2.42. The summed E-state index contributed by atoms with van der Waals surface area (Å²) in [7, 11) is 3.86. The highest BCUT2D eigenvalue weighted by molar-refractivity contribution is 6.36. The van der Waals surface area contributed by atoms with Crippen LogP contribution in [0.2, 0.25) is 10.0 Å². The van der Waals surface area contributed by atoms with Crippen LogP contribution in [-0.4, -0.2) is 41.7 Å². The zero-order valence-corrected chi connectivity index (χ0v) is 13.1. The molecule has 1 aromatic rings. The van der Waals surface area contributed by atoms with Crippen molar-refractivity contribution in [2.75, 3.05) is 20.0 Å². The number of alkyl halides is 1. The lowest BCUT2D eigenvalue weighted by molar-refractivity contribution is 0.174. The predicted octanol–water partition coefficient (Wildman–Crippen LogP) is 3.84. The van der Waals surface area contributed by atoms with Gasteiger partial charge in [0.25, 0.3) is 0 Å². The van der Waals surface area contributed by atoms with Crippen molar-refractivity contribution >= 4 is 40.6 Å². The number of hydrogen-bond acceptors (Lipinski definition) is 2. The summed E-state index contributed by atoms with van der Waals surface area (Å²) in [4.78, 5) is 3.99. The number of rotatable bonds is 3. The van der Waals surface area contributed by atoms with Crippen molar-refractivity contribution in [2.45, 2.75) is 18.6 Å². The molecule has 2 atom stereocenters. The Kier molecular flexibility index (Phi) is 4.62. The molecule has 1 saturated heterocycles. The third kappa shape index (κ3) is 2.57. The molecule has 1 aliphatic heterocycles. The molecule has 1 fully saturated rings. The Morgan fingerprint density at radius 1 is 1.21 bits per heavy atom. The van der Waals surface area contributed by atoms with Gasteiger partial charge in [-0.25, -0.2) is 0 Å². The molecule has 1 aromatic carbocycles. The smallest absolute Gasteiger partial charge is 0.115 e. The number of halogens is 3. The maximum Gasteiger partial charge on any atom is 0.115 e. The summed E-state index contributed by atoms with van der Waals surface area (Å²) in [5, 5.41) is 9.45. The number of benzene rings is 1. The largest absolute Gasteiger partial charge is 0.342 e. The van der Waals surface area contributed by atoms with Gasteiger partial charge in [0.15, 0.2) is 0 Å². The first-order valence-corrected chi connectivity index (χ1v) is 7.31. The molecule has 3 nitrogen and oxygen atoms in total. The zero-order valence-electron chi connectivity index (χ0n) is 10.8. The van der Waals surface area contributed by atoms with Gasteiger partial charge in [-0.2, -0.15) is 0 Å². The minimum atomic E-state index is -0.123. The molecule has 0 spiro atoms. The predicted molar refractivity (Wildman–Crippen MR) is 81.6 cm³/mol. The summed E-state index contributed by atoms with van der Waals surface area (Å²) in [6.45, 7) is 0. The van der Waals surface area contributed by atoms with Crippen LogP contribution < -0.4 is 0 Å². The molecule has 2 rings (SSSR count). The Labute approximate surface area is 128 Å². The van der Waals surface area contributed by atoms with Gasteiger partial charge in [0.2, 0.25) is 0 Å². The third-order valence-electron chi connectivity index (χ3n) is 3.58. The molecule has 0 saturated carbocycles. The molecule has 6 heteroatoms. The lowest BCUT2D eigenvalue weighted by atomic mass is 10.1. The maximum atomic E-state index is 8.21. The minimum Gasteiger partial charge on any atom is -0.342 e. The van der Waals surface area contributed by atoms with Crippen LogP contribution in [-0.2, 0) is 0 Å². The Bertz CT molecular complexity index is 472. The Morgan fingerprint density at radius 2 is 1.79 bits per heavy atom. The van der Waals surface area contributed by atoms with Gasteiger partial charge in [-0.1, -0.05) is 29.3 Å². The lowest BCUT2D eigenvalue weighted by Gasteiger charge is -2.28. The highest BCUT2D eigenvalue weighted by atomic mass is 35.5. The van der Waals surface area contributed by atoms with Crippen molar-refractivity contribution in [3.8, 4) is 0 Å². The van der Waals surface area contributed by atoms with Crippen LogP contribution in [0.15, 0.2) is 18.2 Å². The second kappa shape index (κ2) is 5.88. The first-order valence-electron chi connectivity index (χ1n) is 6.02. The molecule has 19 heavy (non-hydrogen) atoms. The fourth-order valence-electron chi connectivity index (χ4n) is 2.60. The van der Waals surface area contributed by atoms with E-state index in [1.54, 1.807) is 0 Å². The number of amidine groups is 1. The molecule has 1 aliphatic rings. The number of likely N-dealkylation sites (N-methyl/N-ethyl adjacent to an activating group) is 2. The van der Waals surface area contributed by atoms with Crippen LogP contribution in [0.4, 0.5) is 0 Å². The van der Waals surface area contributed by atoms with Crippen LogP contribution in [0.25, 0.3) is 0 Å².